The predicted octanol–water partition coefficient (Wildman–Crippen LogP) is 18.3. The molecule has 0 spiro atoms. The maximum Gasteiger partial charge on any atom is 0.431 e. The number of imidazole rings is 4. The van der Waals surface area contributed by atoms with Crippen LogP contribution < -0.4 is 5.10 Å². The Bertz CT molecular complexity index is 7520. The average Bonchev–Trinajstić information content (AvgIpc) is 1.69. The van der Waals surface area contributed by atoms with Gasteiger partial charge in [0.1, 0.15) is 34.7 Å². The molecular weight excluding hydrogens is 2370 g/mol. The summed E-state index contributed by atoms with van der Waals surface area (Å²) in [5.74, 6) is -3.69. The molecule has 0 saturated carbocycles. The van der Waals surface area contributed by atoms with Crippen LogP contribution in [0.1, 0.15) is 65.5 Å². The fourth-order valence-corrected chi connectivity index (χ4v) is 14.0. The van der Waals surface area contributed by atoms with Gasteiger partial charge in [-0.25, -0.2) is 38.1 Å². The van der Waals surface area contributed by atoms with Crippen LogP contribution >= 0.6 is 0 Å². The second-order valence-electron chi connectivity index (χ2n) is 28.1. The zero-order valence-corrected chi connectivity index (χ0v) is 78.5. The van der Waals surface area contributed by atoms with Crippen molar-refractivity contribution in [2.24, 2.45) is 21.1 Å². The van der Waals surface area contributed by atoms with Crippen molar-refractivity contribution in [2.75, 3.05) is 0 Å². The van der Waals surface area contributed by atoms with E-state index in [0.717, 1.165) is 161 Å². The van der Waals surface area contributed by atoms with Gasteiger partial charge in [0.2, 0.25) is 0 Å². The summed E-state index contributed by atoms with van der Waals surface area (Å²) in [5.41, 5.74) is 16.6. The number of aromatic carboxylic acids is 3. The van der Waals surface area contributed by atoms with Gasteiger partial charge in [0.05, 0.1) is 51.9 Å². The zero-order valence-electron chi connectivity index (χ0n) is 68.9. The van der Waals surface area contributed by atoms with Gasteiger partial charge in [0, 0.05) is 222 Å². The summed E-state index contributed by atoms with van der Waals surface area (Å²) in [4.78, 5) is 87.2. The molecule has 0 aliphatic heterocycles. The minimum atomic E-state index is -4.46. The number of alkyl halides is 3. The van der Waals surface area contributed by atoms with Gasteiger partial charge in [-0.3, -0.25) is 29.9 Å². The van der Waals surface area contributed by atoms with E-state index in [1.807, 2.05) is 166 Å². The molecule has 129 heavy (non-hydrogen) atoms. The van der Waals surface area contributed by atoms with Crippen molar-refractivity contribution < 1.29 is 132 Å². The van der Waals surface area contributed by atoms with Crippen molar-refractivity contribution in [2.45, 2.75) is 40.8 Å². The SMILES string of the molecule is Cc1c(C)n(C)c2cc(C(=O)O)ncc12.Cc1c[nH]c(-c2[c-]cc(F)nc2F)n1.Cc1c[nH]c(-c2[c-]ccnc2)n1.Cc1cn2c3ccccc3c3ncc[c-]c3c2n1.Cn1c2ccccc2c2cc(C(=O)O)ncc21.Cn1c2ccccc2c2cc(C(=O)O)ncc21.FC(F)(F)c1cc(-c2ccccn2)[n-]n1.[Ir].[Ir].[Ir].[Ir].[c-]1ccnc2c1c1nccn1c1ccccc21. The van der Waals surface area contributed by atoms with Gasteiger partial charge in [-0.05, 0) is 123 Å². The molecule has 0 aliphatic rings. The van der Waals surface area contributed by atoms with Crippen LogP contribution in [-0.2, 0) is 108 Å². The molecule has 0 amide bonds. The quantitative estimate of drug-likeness (QED) is 0.0447. The Morgan fingerprint density at radius 3 is 1.47 bits per heavy atom. The maximum absolute atomic E-state index is 13.1. The molecule has 0 bridgehead atoms. The monoisotopic (exact) mass is 2440 g/mol. The van der Waals surface area contributed by atoms with E-state index in [9.17, 15) is 36.3 Å². The van der Waals surface area contributed by atoms with Crippen LogP contribution in [0.4, 0.5) is 22.0 Å². The number of benzene rings is 4. The molecule has 0 atom stereocenters. The molecule has 4 radical (unpaired) electrons. The first-order valence-electron chi connectivity index (χ1n) is 38.2. The van der Waals surface area contributed by atoms with Gasteiger partial charge >= 0.3 is 24.1 Å². The molecule has 22 aromatic rings. The molecule has 36 heteroatoms. The van der Waals surface area contributed by atoms with E-state index < -0.39 is 41.7 Å². The van der Waals surface area contributed by atoms with Gasteiger partial charge in [0.15, 0.2) is 0 Å². The number of hydrogen-bond acceptors (Lipinski definition) is 16. The van der Waals surface area contributed by atoms with Crippen molar-refractivity contribution >= 4 is 127 Å². The molecule has 4 aromatic carbocycles. The van der Waals surface area contributed by atoms with E-state index in [2.05, 4.69) is 144 Å². The number of nitrogens with zero attached hydrogens (tertiary/aromatic N) is 19. The first-order chi connectivity index (χ1) is 60.3. The van der Waals surface area contributed by atoms with Crippen LogP contribution in [0.25, 0.3) is 144 Å². The van der Waals surface area contributed by atoms with E-state index in [0.29, 0.717) is 11.5 Å². The summed E-state index contributed by atoms with van der Waals surface area (Å²) in [5, 5.41) is 42.4. The Labute approximate surface area is 783 Å². The fraction of sp³-hybridized carbons (Fsp3) is 0.0968. The third kappa shape index (κ3) is 20.6. The third-order valence-electron chi connectivity index (χ3n) is 20.2. The second kappa shape index (κ2) is 41.6. The van der Waals surface area contributed by atoms with E-state index in [1.54, 1.807) is 99.0 Å². The number of carbonyl (C=O) groups is 3. The van der Waals surface area contributed by atoms with Gasteiger partial charge in [-0.15, -0.1) is 42.5 Å². The standard InChI is InChI=1S/C15H10N3.C14H8N3.2C13H10N2O2.C11H12N2O2.C9H5F3N3.C9H6F2N3.C9H8N3.4Ir/c1-10-9-18-13-7-3-2-5-11(13)14-12(15(18)17-10)6-4-8-16-14;1-2-6-12-10(4-1)13-11(5-3-7-15-13)14-16-8-9-17(12)14;2*1-15-11-5-3-2-4-8(11)9-6-10(13(16)17)14-7-12(9)15;1-6-7(2)13(3)10-4-9(11(14)15)12-5-8(6)10;10-9(11,12)8-5-7(14-15-8)6-3-1-2-4-13-6;1-5-4-12-9(13-5)6-2-3-7(10)14-8(6)11;1-7-5-11-9(12-7)8-3-2-4-10-6-8;;;;/h2-5,7-9H,1H3;1-4,6-9H;2*2-7H,1H3,(H,16,17);4-5H,1-3H3,(H,14,15);1-5H;3-4H,1H3,(H,12,13);2,4-6H,1H3,(H,11,12);;;;/q2*-1;;;;3*-1;;;;. The largest absolute Gasteiger partial charge is 0.573 e. The number of para-hydroxylation sites is 4. The van der Waals surface area contributed by atoms with Crippen LogP contribution in [0.15, 0.2) is 244 Å². The van der Waals surface area contributed by atoms with E-state index >= 15 is 0 Å². The summed E-state index contributed by atoms with van der Waals surface area (Å²) < 4.78 is 72.4. The molecular formula is C93H69F5Ir4N21O6-5. The van der Waals surface area contributed by atoms with Crippen molar-refractivity contribution in [1.29, 1.82) is 0 Å². The van der Waals surface area contributed by atoms with E-state index in [-0.39, 0.29) is 109 Å². The number of nitrogens with one attached hydrogen (secondary N) is 2. The summed E-state index contributed by atoms with van der Waals surface area (Å²) in [6.45, 7) is 9.73. The molecule has 0 fully saturated rings. The number of aromatic nitrogens is 21. The number of aromatic amines is 2. The molecule has 18 aromatic heterocycles. The minimum Gasteiger partial charge on any atom is -0.573 e. The molecule has 18 heterocycles. The summed E-state index contributed by atoms with van der Waals surface area (Å²) in [6, 6.07) is 61.3. The molecule has 5 N–H and O–H groups in total. The van der Waals surface area contributed by atoms with Crippen molar-refractivity contribution in [3.8, 4) is 34.2 Å². The minimum absolute atomic E-state index is 0. The van der Waals surface area contributed by atoms with Gasteiger partial charge in [-0.2, -0.15) is 13.2 Å². The molecule has 27 nitrogen and oxygen atoms in total. The Morgan fingerprint density at radius 2 is 0.961 bits per heavy atom. The van der Waals surface area contributed by atoms with Gasteiger partial charge in [0.25, 0.3) is 0 Å². The zero-order chi connectivity index (χ0) is 87.9. The summed E-state index contributed by atoms with van der Waals surface area (Å²) in [7, 11) is 5.83. The van der Waals surface area contributed by atoms with Crippen LogP contribution in [0.2, 0.25) is 0 Å². The molecule has 658 valence electrons. The number of fused-ring (bicyclic) bond motifs is 19. The van der Waals surface area contributed by atoms with Crippen molar-refractivity contribution in [1.82, 2.24) is 102 Å². The smallest absolute Gasteiger partial charge is 0.431 e. The Morgan fingerprint density at radius 1 is 0.450 bits per heavy atom. The number of hydrogen-bond donors (Lipinski definition) is 5. The van der Waals surface area contributed by atoms with Crippen molar-refractivity contribution in [3.05, 3.63) is 332 Å². The normalized spacial score (nSPS) is 10.8. The number of rotatable bonds is 6. The van der Waals surface area contributed by atoms with Gasteiger partial charge < -0.3 is 72.9 Å². The third-order valence-corrected chi connectivity index (χ3v) is 20.2. The maximum atomic E-state index is 13.1. The average molecular weight is 2440 g/mol. The first-order valence-corrected chi connectivity index (χ1v) is 38.2. The predicted molar refractivity (Wildman–Crippen MR) is 462 cm³/mol. The Balaban J connectivity index is 0.000000142. The fourth-order valence-electron chi connectivity index (χ4n) is 14.0. The number of carboxylic acid groups (broad SMARTS) is 3. The molecule has 0 saturated heterocycles. The van der Waals surface area contributed by atoms with Gasteiger partial charge in [-0.1, -0.05) is 137 Å². The van der Waals surface area contributed by atoms with E-state index in [1.165, 1.54) is 6.20 Å². The number of pyridine rings is 10. The summed E-state index contributed by atoms with van der Waals surface area (Å²) >= 11 is 0. The molecule has 22 rings (SSSR count). The second-order valence-corrected chi connectivity index (χ2v) is 28.1. The number of halogens is 5. The topological polar surface area (TPSA) is 349 Å². The first kappa shape index (κ1) is 95.6. The summed E-state index contributed by atoms with van der Waals surface area (Å²) in [6.07, 6.45) is 18.2. The Hall–Kier alpha value is -14.1. The number of carboxylic acids is 3. The van der Waals surface area contributed by atoms with Crippen molar-refractivity contribution in [3.63, 3.8) is 0 Å². The van der Waals surface area contributed by atoms with Crippen LogP contribution in [0.3, 0.4) is 0 Å². The Kier molecular flexibility index (Phi) is 30.8. The van der Waals surface area contributed by atoms with E-state index in [4.69, 9.17) is 15.3 Å². The molecule has 0 aliphatic carbocycles. The molecule has 0 unspecified atom stereocenters. The number of aryl methyl sites for hydroxylation is 7. The number of H-pyrrole nitrogens is 2. The van der Waals surface area contributed by atoms with Crippen LogP contribution in [0.5, 0.6) is 0 Å². The van der Waals surface area contributed by atoms with Crippen LogP contribution in [-0.4, -0.2) is 131 Å². The van der Waals surface area contributed by atoms with Crippen LogP contribution in [0, 0.1) is 70.8 Å².